The van der Waals surface area contributed by atoms with Gasteiger partial charge in [-0.1, -0.05) is 13.8 Å². The smallest absolute Gasteiger partial charge is 0.394 e. The average molecular weight is 631 g/mol. The van der Waals surface area contributed by atoms with Crippen molar-refractivity contribution in [3.05, 3.63) is 69.6 Å². The van der Waals surface area contributed by atoms with Gasteiger partial charge in [-0.25, -0.2) is 6.07 Å². The zero-order chi connectivity index (χ0) is 24.6. The first-order valence-corrected chi connectivity index (χ1v) is 10.5. The third-order valence-electron chi connectivity index (χ3n) is 6.74. The Morgan fingerprint density at radius 3 is 1.88 bits per heavy atom. The van der Waals surface area contributed by atoms with Crippen molar-refractivity contribution in [3.63, 3.8) is 0 Å². The summed E-state index contributed by atoms with van der Waals surface area (Å²) in [6.45, 7) is 16.3. The van der Waals surface area contributed by atoms with Crippen LogP contribution in [0.4, 0.5) is 18.9 Å². The second kappa shape index (κ2) is 10.2. The minimum absolute atomic E-state index is 0. The van der Waals surface area contributed by atoms with Gasteiger partial charge in [0.15, 0.2) is 5.60 Å². The van der Waals surface area contributed by atoms with Crippen molar-refractivity contribution in [2.24, 2.45) is 0 Å². The number of nitrogens with one attached hydrogen (secondary N) is 1. The normalized spacial score (nSPS) is 13.8. The summed E-state index contributed by atoms with van der Waals surface area (Å²) >= 11 is 0. The average Bonchev–Trinajstić information content (AvgIpc) is 2.68. The predicted octanol–water partition coefficient (Wildman–Crippen LogP) is 5.94. The molecule has 0 bridgehead atoms. The van der Waals surface area contributed by atoms with E-state index in [-0.39, 0.29) is 26.6 Å². The molecule has 0 heterocycles. The van der Waals surface area contributed by atoms with E-state index in [4.69, 9.17) is 0 Å². The van der Waals surface area contributed by atoms with Gasteiger partial charge < -0.3 is 15.2 Å². The van der Waals surface area contributed by atoms with Crippen molar-refractivity contribution in [1.82, 2.24) is 0 Å². The third kappa shape index (κ3) is 5.83. The van der Waals surface area contributed by atoms with Gasteiger partial charge in [0, 0.05) is 0 Å². The van der Waals surface area contributed by atoms with Crippen molar-refractivity contribution < 1.29 is 44.1 Å². The minimum atomic E-state index is -4.85. The molecule has 7 heteroatoms. The van der Waals surface area contributed by atoms with Gasteiger partial charge in [0.25, 0.3) is 0 Å². The molecule has 2 aromatic rings. The number of anilines is 1. The Balaban J connectivity index is 0.00000544. The fraction of sp³-hybridized carbons (Fsp3) is 0.462. The van der Waals surface area contributed by atoms with E-state index in [1.807, 2.05) is 34.6 Å². The molecule has 180 valence electrons. The van der Waals surface area contributed by atoms with E-state index in [9.17, 15) is 23.1 Å². The molecule has 0 aliphatic rings. The van der Waals surface area contributed by atoms with E-state index < -0.39 is 30.2 Å². The van der Waals surface area contributed by atoms with Crippen LogP contribution in [0.15, 0.2) is 18.2 Å². The van der Waals surface area contributed by atoms with Crippen LogP contribution in [-0.4, -0.2) is 29.7 Å². The van der Waals surface area contributed by atoms with Crippen molar-refractivity contribution in [1.29, 1.82) is 0 Å². The Labute approximate surface area is 209 Å². The maximum Gasteiger partial charge on any atom is 2.00 e. The topological polar surface area (TPSA) is 49.3 Å². The van der Waals surface area contributed by atoms with Crippen LogP contribution in [-0.2, 0) is 31.3 Å². The molecular weight excluding hydrogens is 599 g/mol. The Morgan fingerprint density at radius 1 is 0.970 bits per heavy atom. The van der Waals surface area contributed by atoms with Gasteiger partial charge in [-0.05, 0) is 91.8 Å². The first-order valence-electron chi connectivity index (χ1n) is 10.5. The van der Waals surface area contributed by atoms with E-state index in [1.54, 1.807) is 20.1 Å². The summed E-state index contributed by atoms with van der Waals surface area (Å²) in [7, 11) is 0. The molecule has 0 radical (unpaired) electrons. The molecule has 0 saturated carbocycles. The van der Waals surface area contributed by atoms with Crippen molar-refractivity contribution in [2.75, 3.05) is 11.9 Å². The van der Waals surface area contributed by atoms with Crippen LogP contribution < -0.4 is 5.32 Å². The van der Waals surface area contributed by atoms with Gasteiger partial charge in [-0.2, -0.15) is 19.2 Å². The zero-order valence-corrected chi connectivity index (χ0v) is 23.2. The number of halogens is 3. The zero-order valence-electron chi connectivity index (χ0n) is 20.3. The van der Waals surface area contributed by atoms with Crippen molar-refractivity contribution in [3.8, 4) is 0 Å². The molecule has 3 nitrogen and oxygen atoms in total. The summed E-state index contributed by atoms with van der Waals surface area (Å²) in [5.74, 6) is 0. The molecule has 2 aromatic carbocycles. The SMILES string of the molecule is [CH2-]c1cc(NCC(O)(CC(C)(C)c2c(C)c(C)c(C)c(C)c2C)C(F)(F)F)ccc1[C-]=O.[W+2]. The maximum atomic E-state index is 14.1. The quantitative estimate of drug-likeness (QED) is 0.373. The molecule has 0 amide bonds. The van der Waals surface area contributed by atoms with Gasteiger partial charge in [0.2, 0.25) is 0 Å². The number of carbonyl (C=O) groups excluding carboxylic acids is 1. The molecule has 0 spiro atoms. The number of benzene rings is 2. The van der Waals surface area contributed by atoms with E-state index in [0.29, 0.717) is 11.3 Å². The largest absolute Gasteiger partial charge is 2.00 e. The Morgan fingerprint density at radius 2 is 1.45 bits per heavy atom. The third-order valence-corrected chi connectivity index (χ3v) is 6.74. The minimum Gasteiger partial charge on any atom is -0.394 e. The predicted molar refractivity (Wildman–Crippen MR) is 123 cm³/mol. The Hall–Kier alpha value is -1.78. The molecular formula is C26H32F3NO2W. The fourth-order valence-electron chi connectivity index (χ4n) is 4.65. The maximum absolute atomic E-state index is 14.1. The van der Waals surface area contributed by atoms with Gasteiger partial charge in [-0.15, -0.1) is 6.07 Å². The molecule has 33 heavy (non-hydrogen) atoms. The van der Waals surface area contributed by atoms with Gasteiger partial charge >= 0.3 is 27.2 Å². The molecule has 2 rings (SSSR count). The van der Waals surface area contributed by atoms with Crippen LogP contribution in [0.25, 0.3) is 0 Å². The summed E-state index contributed by atoms with van der Waals surface area (Å²) in [5.41, 5.74) is 2.99. The molecule has 1 atom stereocenters. The summed E-state index contributed by atoms with van der Waals surface area (Å²) in [4.78, 5) is 10.8. The summed E-state index contributed by atoms with van der Waals surface area (Å²) in [5, 5.41) is 13.6. The van der Waals surface area contributed by atoms with Gasteiger partial charge in [-0.3, -0.25) is 18.1 Å². The van der Waals surface area contributed by atoms with Crippen LogP contribution in [0.2, 0.25) is 0 Å². The summed E-state index contributed by atoms with van der Waals surface area (Å²) in [6.07, 6.45) is -3.64. The first kappa shape index (κ1) is 29.3. The van der Waals surface area contributed by atoms with E-state index in [0.717, 1.165) is 33.4 Å². The molecule has 0 aliphatic carbocycles. The summed E-state index contributed by atoms with van der Waals surface area (Å²) < 4.78 is 42.4. The number of alkyl halides is 3. The molecule has 1 unspecified atom stereocenters. The number of rotatable bonds is 7. The van der Waals surface area contributed by atoms with Crippen molar-refractivity contribution >= 4 is 12.0 Å². The number of hydrogen-bond donors (Lipinski definition) is 2. The first-order chi connectivity index (χ1) is 14.6. The number of aliphatic hydroxyl groups is 1. The van der Waals surface area contributed by atoms with E-state index in [1.165, 1.54) is 18.2 Å². The molecule has 0 aliphatic heterocycles. The summed E-state index contributed by atoms with van der Waals surface area (Å²) in [6, 6.07) is 4.36. The van der Waals surface area contributed by atoms with Crippen LogP contribution in [0.5, 0.6) is 0 Å². The molecule has 2 N–H and O–H groups in total. The van der Waals surface area contributed by atoms with Crippen LogP contribution >= 0.6 is 0 Å². The molecule has 0 saturated heterocycles. The second-order valence-corrected chi connectivity index (χ2v) is 9.42. The van der Waals surface area contributed by atoms with E-state index in [2.05, 4.69) is 12.2 Å². The monoisotopic (exact) mass is 631 g/mol. The van der Waals surface area contributed by atoms with Crippen molar-refractivity contribution in [2.45, 2.75) is 72.1 Å². The Bertz CT molecular complexity index is 1000. The van der Waals surface area contributed by atoms with E-state index >= 15 is 0 Å². The van der Waals surface area contributed by atoms with Crippen LogP contribution in [0.1, 0.15) is 64.8 Å². The number of hydrogen-bond acceptors (Lipinski definition) is 3. The van der Waals surface area contributed by atoms with Crippen LogP contribution in [0.3, 0.4) is 0 Å². The standard InChI is InChI=1S/C26H32F3NO2.W/c1-15-11-22(10-9-21(15)12-31)30-14-25(32,26(27,28)29)13-24(7,8)23-19(5)17(3)16(2)18(4)20(23)6;/h9-11,30,32H,1,13-14H2,2-8H3;/q-2;+2. The fourth-order valence-corrected chi connectivity index (χ4v) is 4.65. The Kier molecular flexibility index (Phi) is 9.07. The second-order valence-electron chi connectivity index (χ2n) is 9.42. The molecule has 0 fully saturated rings. The van der Waals surface area contributed by atoms with Crippen LogP contribution in [0, 0.1) is 41.5 Å². The molecule has 0 aromatic heterocycles. The van der Waals surface area contributed by atoms with Gasteiger partial charge in [0.1, 0.15) is 0 Å². The van der Waals surface area contributed by atoms with Gasteiger partial charge in [0.05, 0.1) is 6.54 Å².